The van der Waals surface area contributed by atoms with E-state index in [0.29, 0.717) is 12.4 Å². The Hall–Kier alpha value is -2.24. The predicted molar refractivity (Wildman–Crippen MR) is 106 cm³/mol. The Kier molecular flexibility index (Phi) is 6.96. The minimum absolute atomic E-state index is 0.0232. The fraction of sp³-hybridized carbons (Fsp3) is 0.381. The average molecular weight is 389 g/mol. The van der Waals surface area contributed by atoms with Crippen molar-refractivity contribution in [2.45, 2.75) is 13.5 Å². The summed E-state index contributed by atoms with van der Waals surface area (Å²) in [6.07, 6.45) is 0. The highest BCUT2D eigenvalue weighted by molar-refractivity contribution is 6.30. The summed E-state index contributed by atoms with van der Waals surface area (Å²) in [5.41, 5.74) is 1.23. The predicted octanol–water partition coefficient (Wildman–Crippen LogP) is 3.46. The van der Waals surface area contributed by atoms with Gasteiger partial charge in [-0.1, -0.05) is 23.7 Å². The van der Waals surface area contributed by atoms with E-state index >= 15 is 0 Å². The largest absolute Gasteiger partial charge is 0.494 e. The van der Waals surface area contributed by atoms with Gasteiger partial charge in [0.1, 0.15) is 11.5 Å². The molecule has 1 saturated heterocycles. The molecule has 0 unspecified atom stereocenters. The van der Waals surface area contributed by atoms with Crippen LogP contribution in [0.3, 0.4) is 0 Å². The maximum atomic E-state index is 12.4. The second-order valence-electron chi connectivity index (χ2n) is 6.48. The van der Waals surface area contributed by atoms with E-state index in [1.807, 2.05) is 60.4 Å². The van der Waals surface area contributed by atoms with E-state index in [9.17, 15) is 4.79 Å². The molecule has 1 aliphatic heterocycles. The van der Waals surface area contributed by atoms with Crippen molar-refractivity contribution in [3.05, 3.63) is 59.1 Å². The summed E-state index contributed by atoms with van der Waals surface area (Å²) in [5.74, 6) is 1.50. The maximum Gasteiger partial charge on any atom is 0.260 e. The molecular formula is C21H25ClN2O3. The number of amides is 1. The van der Waals surface area contributed by atoms with E-state index in [-0.39, 0.29) is 12.5 Å². The summed E-state index contributed by atoms with van der Waals surface area (Å²) in [4.78, 5) is 16.6. The zero-order valence-corrected chi connectivity index (χ0v) is 16.3. The SMILES string of the molecule is CCOc1ccc(OCC(=O)N2CCN(Cc3ccc(Cl)cc3)CC2)cc1. The minimum atomic E-state index is 0.0232. The van der Waals surface area contributed by atoms with E-state index in [1.165, 1.54) is 5.56 Å². The van der Waals surface area contributed by atoms with Gasteiger partial charge in [-0.2, -0.15) is 0 Å². The topological polar surface area (TPSA) is 42.0 Å². The number of nitrogens with zero attached hydrogens (tertiary/aromatic N) is 2. The van der Waals surface area contributed by atoms with Gasteiger partial charge in [0.2, 0.25) is 0 Å². The molecule has 27 heavy (non-hydrogen) atoms. The van der Waals surface area contributed by atoms with Gasteiger partial charge in [-0.05, 0) is 48.9 Å². The highest BCUT2D eigenvalue weighted by Gasteiger charge is 2.21. The summed E-state index contributed by atoms with van der Waals surface area (Å²) in [6, 6.07) is 15.3. The van der Waals surface area contributed by atoms with E-state index in [4.69, 9.17) is 21.1 Å². The van der Waals surface area contributed by atoms with Crippen molar-refractivity contribution in [1.82, 2.24) is 9.80 Å². The van der Waals surface area contributed by atoms with Crippen LogP contribution in [0.4, 0.5) is 0 Å². The lowest BCUT2D eigenvalue weighted by Gasteiger charge is -2.34. The van der Waals surface area contributed by atoms with Crippen molar-refractivity contribution in [3.63, 3.8) is 0 Å². The summed E-state index contributed by atoms with van der Waals surface area (Å²) >= 11 is 5.93. The third kappa shape index (κ3) is 5.88. The summed E-state index contributed by atoms with van der Waals surface area (Å²) in [5, 5.41) is 0.752. The van der Waals surface area contributed by atoms with Gasteiger partial charge in [-0.15, -0.1) is 0 Å². The second kappa shape index (κ2) is 9.62. The zero-order valence-electron chi connectivity index (χ0n) is 15.6. The van der Waals surface area contributed by atoms with Crippen LogP contribution >= 0.6 is 11.6 Å². The van der Waals surface area contributed by atoms with Crippen LogP contribution in [0.2, 0.25) is 5.02 Å². The lowest BCUT2D eigenvalue weighted by Crippen LogP contribution is -2.49. The Morgan fingerprint density at radius 1 is 0.926 bits per heavy atom. The van der Waals surface area contributed by atoms with Crippen molar-refractivity contribution < 1.29 is 14.3 Å². The summed E-state index contributed by atoms with van der Waals surface area (Å²) in [7, 11) is 0. The Bertz CT molecular complexity index is 726. The second-order valence-corrected chi connectivity index (χ2v) is 6.91. The molecule has 6 heteroatoms. The Morgan fingerprint density at radius 3 is 2.11 bits per heavy atom. The van der Waals surface area contributed by atoms with Gasteiger partial charge in [0.05, 0.1) is 6.61 Å². The number of hydrogen-bond donors (Lipinski definition) is 0. The first-order chi connectivity index (χ1) is 13.1. The van der Waals surface area contributed by atoms with Gasteiger partial charge in [0, 0.05) is 37.7 Å². The number of carbonyl (C=O) groups is 1. The van der Waals surface area contributed by atoms with Gasteiger partial charge < -0.3 is 14.4 Å². The van der Waals surface area contributed by atoms with Crippen molar-refractivity contribution >= 4 is 17.5 Å². The fourth-order valence-corrected chi connectivity index (χ4v) is 3.16. The van der Waals surface area contributed by atoms with Crippen LogP contribution in [0.5, 0.6) is 11.5 Å². The van der Waals surface area contributed by atoms with E-state index in [0.717, 1.165) is 43.5 Å². The Morgan fingerprint density at radius 2 is 1.52 bits per heavy atom. The van der Waals surface area contributed by atoms with Crippen LogP contribution in [0.25, 0.3) is 0 Å². The van der Waals surface area contributed by atoms with Gasteiger partial charge in [-0.3, -0.25) is 9.69 Å². The number of piperazine rings is 1. The minimum Gasteiger partial charge on any atom is -0.494 e. The molecule has 144 valence electrons. The monoisotopic (exact) mass is 388 g/mol. The van der Waals surface area contributed by atoms with Crippen LogP contribution in [-0.2, 0) is 11.3 Å². The third-order valence-corrected chi connectivity index (χ3v) is 4.79. The van der Waals surface area contributed by atoms with Crippen LogP contribution in [0, 0.1) is 0 Å². The van der Waals surface area contributed by atoms with Crippen molar-refractivity contribution in [2.24, 2.45) is 0 Å². The zero-order chi connectivity index (χ0) is 19.1. The number of halogens is 1. The lowest BCUT2D eigenvalue weighted by molar-refractivity contribution is -0.135. The molecule has 2 aromatic carbocycles. The molecule has 5 nitrogen and oxygen atoms in total. The number of hydrogen-bond acceptors (Lipinski definition) is 4. The molecule has 0 spiro atoms. The molecule has 0 bridgehead atoms. The average Bonchev–Trinajstić information content (AvgIpc) is 2.70. The first-order valence-corrected chi connectivity index (χ1v) is 9.62. The van der Waals surface area contributed by atoms with Gasteiger partial charge in [0.25, 0.3) is 5.91 Å². The highest BCUT2D eigenvalue weighted by atomic mass is 35.5. The van der Waals surface area contributed by atoms with Crippen molar-refractivity contribution in [3.8, 4) is 11.5 Å². The number of carbonyl (C=O) groups excluding carboxylic acids is 1. The van der Waals surface area contributed by atoms with Crippen LogP contribution in [-0.4, -0.2) is 55.1 Å². The van der Waals surface area contributed by atoms with Crippen molar-refractivity contribution in [1.29, 1.82) is 0 Å². The number of benzene rings is 2. The van der Waals surface area contributed by atoms with Gasteiger partial charge in [-0.25, -0.2) is 0 Å². The Balaban J connectivity index is 1.40. The molecule has 0 saturated carbocycles. The van der Waals surface area contributed by atoms with E-state index in [2.05, 4.69) is 4.90 Å². The molecule has 3 rings (SSSR count). The first kappa shape index (κ1) is 19.5. The normalized spacial score (nSPS) is 14.8. The van der Waals surface area contributed by atoms with Gasteiger partial charge >= 0.3 is 0 Å². The quantitative estimate of drug-likeness (QED) is 0.728. The van der Waals surface area contributed by atoms with E-state index < -0.39 is 0 Å². The molecule has 1 amide bonds. The molecule has 2 aromatic rings. The number of ether oxygens (including phenoxy) is 2. The van der Waals surface area contributed by atoms with Gasteiger partial charge in [0.15, 0.2) is 6.61 Å². The van der Waals surface area contributed by atoms with Crippen LogP contribution in [0.15, 0.2) is 48.5 Å². The third-order valence-electron chi connectivity index (χ3n) is 4.54. The maximum absolute atomic E-state index is 12.4. The van der Waals surface area contributed by atoms with Crippen molar-refractivity contribution in [2.75, 3.05) is 39.4 Å². The van der Waals surface area contributed by atoms with Crippen LogP contribution < -0.4 is 9.47 Å². The number of rotatable bonds is 7. The standard InChI is InChI=1S/C21H25ClN2O3/c1-2-26-19-7-9-20(10-8-19)27-16-21(25)24-13-11-23(12-14-24)15-17-3-5-18(22)6-4-17/h3-10H,2,11-16H2,1H3. The summed E-state index contributed by atoms with van der Waals surface area (Å²) in [6.45, 7) is 6.67. The molecule has 1 heterocycles. The molecule has 0 atom stereocenters. The highest BCUT2D eigenvalue weighted by Crippen LogP contribution is 2.18. The van der Waals surface area contributed by atoms with E-state index in [1.54, 1.807) is 0 Å². The molecule has 1 aliphatic rings. The Labute approximate surface area is 165 Å². The lowest BCUT2D eigenvalue weighted by atomic mass is 10.2. The molecular weight excluding hydrogens is 364 g/mol. The molecule has 0 aliphatic carbocycles. The molecule has 0 aromatic heterocycles. The van der Waals surface area contributed by atoms with Crippen LogP contribution in [0.1, 0.15) is 12.5 Å². The smallest absolute Gasteiger partial charge is 0.260 e. The molecule has 1 fully saturated rings. The fourth-order valence-electron chi connectivity index (χ4n) is 3.04. The molecule has 0 N–H and O–H groups in total. The first-order valence-electron chi connectivity index (χ1n) is 9.24. The summed E-state index contributed by atoms with van der Waals surface area (Å²) < 4.78 is 11.0. The molecule has 0 radical (unpaired) electrons.